The summed E-state index contributed by atoms with van der Waals surface area (Å²) in [7, 11) is 0. The lowest BCUT2D eigenvalue weighted by molar-refractivity contribution is -0.117. The normalized spacial score (nSPS) is 17.9. The van der Waals surface area contributed by atoms with E-state index in [-0.39, 0.29) is 36.7 Å². The topological polar surface area (TPSA) is 70.1 Å². The monoisotopic (exact) mass is 441 g/mol. The number of imide groups is 1. The van der Waals surface area contributed by atoms with Gasteiger partial charge in [0.2, 0.25) is 5.91 Å². The van der Waals surface area contributed by atoms with Crippen LogP contribution in [0.4, 0.5) is 5.69 Å². The Kier molecular flexibility index (Phi) is 5.92. The van der Waals surface area contributed by atoms with Gasteiger partial charge >= 0.3 is 0 Å². The van der Waals surface area contributed by atoms with E-state index in [1.165, 1.54) is 4.90 Å². The van der Waals surface area contributed by atoms with Crippen LogP contribution in [0.1, 0.15) is 40.5 Å². The van der Waals surface area contributed by atoms with Crippen LogP contribution in [0.15, 0.2) is 53.5 Å². The van der Waals surface area contributed by atoms with Gasteiger partial charge in [-0.2, -0.15) is 0 Å². The molecule has 8 heteroatoms. The first-order valence-corrected chi connectivity index (χ1v) is 11.1. The summed E-state index contributed by atoms with van der Waals surface area (Å²) in [4.78, 5) is 45.5. The van der Waals surface area contributed by atoms with E-state index in [2.05, 4.69) is 4.99 Å². The van der Waals surface area contributed by atoms with Crippen molar-refractivity contribution < 1.29 is 14.4 Å². The largest absolute Gasteiger partial charge is 0.274 e. The summed E-state index contributed by atoms with van der Waals surface area (Å²) in [5.74, 6) is 0.0838. The van der Waals surface area contributed by atoms with Crippen molar-refractivity contribution in [2.75, 3.05) is 17.2 Å². The van der Waals surface area contributed by atoms with Crippen LogP contribution in [0.3, 0.4) is 0 Å². The van der Waals surface area contributed by atoms with Crippen molar-refractivity contribution in [3.8, 4) is 0 Å². The molecule has 4 rings (SSSR count). The molecule has 30 heavy (non-hydrogen) atoms. The van der Waals surface area contributed by atoms with Crippen LogP contribution in [0.2, 0.25) is 5.02 Å². The number of carbonyl (C=O) groups is 3. The quantitative estimate of drug-likeness (QED) is 0.650. The molecule has 0 fully saturated rings. The van der Waals surface area contributed by atoms with Gasteiger partial charge in [0.15, 0.2) is 5.17 Å². The number of carbonyl (C=O) groups excluding carboxylic acids is 3. The summed E-state index contributed by atoms with van der Waals surface area (Å²) in [5, 5.41) is 1.25. The molecule has 2 aliphatic heterocycles. The second kappa shape index (κ2) is 8.62. The first kappa shape index (κ1) is 20.6. The van der Waals surface area contributed by atoms with Crippen molar-refractivity contribution in [3.05, 3.63) is 64.7 Å². The van der Waals surface area contributed by atoms with Crippen LogP contribution in [0.5, 0.6) is 0 Å². The zero-order chi connectivity index (χ0) is 21.3. The van der Waals surface area contributed by atoms with Crippen molar-refractivity contribution in [2.24, 2.45) is 4.99 Å². The van der Waals surface area contributed by atoms with E-state index in [0.717, 1.165) is 5.75 Å². The number of thioether (sulfide) groups is 1. The highest BCUT2D eigenvalue weighted by molar-refractivity contribution is 8.14. The number of amides is 3. The molecule has 6 nitrogen and oxygen atoms in total. The Hall–Kier alpha value is -2.64. The molecule has 0 bridgehead atoms. The first-order valence-electron chi connectivity index (χ1n) is 9.70. The van der Waals surface area contributed by atoms with E-state index in [1.54, 1.807) is 65.2 Å². The molecule has 2 aliphatic rings. The highest BCUT2D eigenvalue weighted by atomic mass is 35.5. The van der Waals surface area contributed by atoms with E-state index >= 15 is 0 Å². The number of anilines is 1. The summed E-state index contributed by atoms with van der Waals surface area (Å²) < 4.78 is 0. The molecule has 2 aromatic carbocycles. The number of benzene rings is 2. The minimum Gasteiger partial charge on any atom is -0.274 e. The van der Waals surface area contributed by atoms with Crippen molar-refractivity contribution in [2.45, 2.75) is 25.8 Å². The number of rotatable bonds is 5. The van der Waals surface area contributed by atoms with Crippen LogP contribution < -0.4 is 4.90 Å². The molecular weight excluding hydrogens is 422 g/mol. The number of hydrogen-bond donors (Lipinski definition) is 0. The first-order chi connectivity index (χ1) is 14.5. The van der Waals surface area contributed by atoms with E-state index in [4.69, 9.17) is 11.6 Å². The highest BCUT2D eigenvalue weighted by Crippen LogP contribution is 2.28. The molecule has 0 N–H and O–H groups in total. The summed E-state index contributed by atoms with van der Waals surface area (Å²) in [5.41, 5.74) is 1.54. The van der Waals surface area contributed by atoms with Gasteiger partial charge in [-0.05, 0) is 49.7 Å². The SMILES string of the molecule is CC1CSC(N(C(=O)CCCN2C(=O)c3ccccc3C2=O)c2ccc(Cl)cc2)=N1. The number of hydrogen-bond acceptors (Lipinski definition) is 5. The predicted molar refractivity (Wildman–Crippen MR) is 119 cm³/mol. The zero-order valence-electron chi connectivity index (χ0n) is 16.4. The Morgan fingerprint density at radius 2 is 1.77 bits per heavy atom. The second-order valence-corrected chi connectivity index (χ2v) is 8.61. The van der Waals surface area contributed by atoms with Gasteiger partial charge in [-0.1, -0.05) is 35.5 Å². The van der Waals surface area contributed by atoms with Gasteiger partial charge in [-0.25, -0.2) is 0 Å². The van der Waals surface area contributed by atoms with Crippen LogP contribution in [-0.2, 0) is 4.79 Å². The third-order valence-electron chi connectivity index (χ3n) is 4.96. The van der Waals surface area contributed by atoms with Crippen LogP contribution in [0.25, 0.3) is 0 Å². The Morgan fingerprint density at radius 3 is 2.33 bits per heavy atom. The maximum atomic E-state index is 13.1. The average Bonchev–Trinajstić information content (AvgIpc) is 3.26. The molecule has 2 heterocycles. The number of amidine groups is 1. The van der Waals surface area contributed by atoms with Crippen molar-refractivity contribution in [1.29, 1.82) is 0 Å². The van der Waals surface area contributed by atoms with Crippen molar-refractivity contribution in [1.82, 2.24) is 4.90 Å². The van der Waals surface area contributed by atoms with Gasteiger partial charge in [-0.3, -0.25) is 29.2 Å². The fraction of sp³-hybridized carbons (Fsp3) is 0.273. The number of halogens is 1. The molecule has 0 aliphatic carbocycles. The third-order valence-corrected chi connectivity index (χ3v) is 6.41. The molecule has 2 aromatic rings. The fourth-order valence-corrected chi connectivity index (χ4v) is 4.66. The van der Waals surface area contributed by atoms with Gasteiger partial charge in [0.05, 0.1) is 22.9 Å². The van der Waals surface area contributed by atoms with E-state index in [0.29, 0.717) is 33.4 Å². The minimum absolute atomic E-state index is 0.130. The fourth-order valence-electron chi connectivity index (χ4n) is 3.47. The number of nitrogens with zero attached hydrogens (tertiary/aromatic N) is 3. The minimum atomic E-state index is -0.304. The summed E-state index contributed by atoms with van der Waals surface area (Å²) in [6.07, 6.45) is 0.561. The molecular formula is C22H20ClN3O3S. The Labute approximate surface area is 183 Å². The molecule has 1 atom stereocenters. The molecule has 0 saturated carbocycles. The Bertz CT molecular complexity index is 1000. The molecule has 1 unspecified atom stereocenters. The van der Waals surface area contributed by atoms with Gasteiger partial charge in [0.1, 0.15) is 0 Å². The van der Waals surface area contributed by atoms with Crippen LogP contribution in [0, 0.1) is 0 Å². The zero-order valence-corrected chi connectivity index (χ0v) is 17.9. The van der Waals surface area contributed by atoms with Crippen molar-refractivity contribution >= 4 is 51.9 Å². The maximum Gasteiger partial charge on any atom is 0.261 e. The van der Waals surface area contributed by atoms with Gasteiger partial charge in [-0.15, -0.1) is 0 Å². The van der Waals surface area contributed by atoms with Gasteiger partial charge < -0.3 is 0 Å². The summed E-state index contributed by atoms with van der Waals surface area (Å²) in [6, 6.07) is 14.0. The lowest BCUT2D eigenvalue weighted by Gasteiger charge is -2.22. The lowest BCUT2D eigenvalue weighted by atomic mass is 10.1. The smallest absolute Gasteiger partial charge is 0.261 e. The maximum absolute atomic E-state index is 13.1. The number of aliphatic imine (C=N–C) groups is 1. The van der Waals surface area contributed by atoms with E-state index in [9.17, 15) is 14.4 Å². The third kappa shape index (κ3) is 4.00. The average molecular weight is 442 g/mol. The van der Waals surface area contributed by atoms with Gasteiger partial charge in [0, 0.05) is 23.7 Å². The molecule has 0 saturated heterocycles. The number of fused-ring (bicyclic) bond motifs is 1. The standard InChI is InChI=1S/C22H20ClN3O3S/c1-14-13-30-22(24-14)26(16-10-8-15(23)9-11-16)19(27)7-4-12-25-20(28)17-5-2-3-6-18(17)21(25)29/h2-3,5-6,8-11,14H,4,7,12-13H2,1H3. The Balaban J connectivity index is 1.45. The van der Waals surface area contributed by atoms with Gasteiger partial charge in [0.25, 0.3) is 11.8 Å². The van der Waals surface area contributed by atoms with Crippen LogP contribution >= 0.6 is 23.4 Å². The molecule has 0 spiro atoms. The molecule has 3 amide bonds. The predicted octanol–water partition coefficient (Wildman–Crippen LogP) is 4.24. The summed E-state index contributed by atoms with van der Waals surface area (Å²) in [6.45, 7) is 2.20. The molecule has 0 radical (unpaired) electrons. The van der Waals surface area contributed by atoms with Crippen LogP contribution in [-0.4, -0.2) is 46.1 Å². The van der Waals surface area contributed by atoms with E-state index in [1.807, 2.05) is 6.92 Å². The van der Waals surface area contributed by atoms with E-state index < -0.39 is 0 Å². The van der Waals surface area contributed by atoms with Crippen molar-refractivity contribution in [3.63, 3.8) is 0 Å². The molecule has 154 valence electrons. The lowest BCUT2D eigenvalue weighted by Crippen LogP contribution is -2.36. The Morgan fingerprint density at radius 1 is 1.13 bits per heavy atom. The summed E-state index contributed by atoms with van der Waals surface area (Å²) >= 11 is 7.53. The second-order valence-electron chi connectivity index (χ2n) is 7.19. The molecule has 0 aromatic heterocycles. The highest BCUT2D eigenvalue weighted by Gasteiger charge is 2.35.